The largest absolute Gasteiger partial charge is 0.495 e. The molecule has 2 heterocycles. The van der Waals surface area contributed by atoms with E-state index in [9.17, 15) is 14.7 Å². The lowest BCUT2D eigenvalue weighted by Gasteiger charge is -2.30. The highest BCUT2D eigenvalue weighted by Gasteiger charge is 2.61. The van der Waals surface area contributed by atoms with Crippen LogP contribution >= 0.6 is 11.6 Å². The van der Waals surface area contributed by atoms with Crippen LogP contribution < -0.4 is 20.7 Å². The first-order chi connectivity index (χ1) is 14.7. The molecule has 2 aromatic carbocycles. The smallest absolute Gasteiger partial charge is 0.250 e. The van der Waals surface area contributed by atoms with Crippen molar-refractivity contribution < 1.29 is 19.4 Å². The highest BCUT2D eigenvalue weighted by Crippen LogP contribution is 2.49. The predicted octanol–water partition coefficient (Wildman–Crippen LogP) is 3.11. The normalized spacial score (nSPS) is 25.3. The average Bonchev–Trinajstić information content (AvgIpc) is 3.23. The van der Waals surface area contributed by atoms with Crippen molar-refractivity contribution >= 4 is 34.8 Å². The Balaban J connectivity index is 1.79. The number of aliphatic hydroxyl groups excluding tert-OH is 1. The van der Waals surface area contributed by atoms with Gasteiger partial charge in [-0.05, 0) is 51.0 Å². The number of aryl methyl sites for hydroxylation is 2. The van der Waals surface area contributed by atoms with Crippen molar-refractivity contribution in [3.63, 3.8) is 0 Å². The van der Waals surface area contributed by atoms with Crippen LogP contribution in [0, 0.1) is 19.8 Å². The number of hydrogen-bond acceptors (Lipinski definition) is 5. The molecule has 1 spiro atoms. The first kappa shape index (κ1) is 21.6. The third-order valence-corrected chi connectivity index (χ3v) is 6.48. The molecule has 0 radical (unpaired) electrons. The molecule has 2 aromatic rings. The molecule has 7 nitrogen and oxygen atoms in total. The summed E-state index contributed by atoms with van der Waals surface area (Å²) in [6.45, 7) is 5.54. The summed E-state index contributed by atoms with van der Waals surface area (Å²) in [5.74, 6) is -0.929. The molecule has 0 unspecified atom stereocenters. The number of rotatable bonds is 4. The Morgan fingerprint density at radius 2 is 2.06 bits per heavy atom. The maximum atomic E-state index is 13.5. The van der Waals surface area contributed by atoms with Crippen molar-refractivity contribution in [2.75, 3.05) is 17.7 Å². The number of hydrogen-bond donors (Lipinski definition) is 4. The summed E-state index contributed by atoms with van der Waals surface area (Å²) in [7, 11) is 1.51. The second-order valence-corrected chi connectivity index (χ2v) is 8.82. The van der Waals surface area contributed by atoms with Gasteiger partial charge in [-0.15, -0.1) is 0 Å². The van der Waals surface area contributed by atoms with Crippen LogP contribution in [-0.4, -0.2) is 36.2 Å². The number of carbonyl (C=O) groups is 2. The molecule has 4 N–H and O–H groups in total. The Morgan fingerprint density at radius 1 is 1.32 bits per heavy atom. The van der Waals surface area contributed by atoms with Crippen LogP contribution in [0.15, 0.2) is 30.3 Å². The Morgan fingerprint density at radius 3 is 2.74 bits per heavy atom. The maximum absolute atomic E-state index is 13.5. The van der Waals surface area contributed by atoms with E-state index in [1.807, 2.05) is 26.0 Å². The number of ether oxygens (including phenoxy) is 1. The van der Waals surface area contributed by atoms with Crippen LogP contribution in [0.25, 0.3) is 0 Å². The number of benzene rings is 2. The summed E-state index contributed by atoms with van der Waals surface area (Å²) >= 11 is 6.11. The number of methoxy groups -OCH3 is 1. The second-order valence-electron chi connectivity index (χ2n) is 8.38. The van der Waals surface area contributed by atoms with Gasteiger partial charge in [0.15, 0.2) is 0 Å². The molecule has 0 aliphatic carbocycles. The molecule has 2 aliphatic heterocycles. The summed E-state index contributed by atoms with van der Waals surface area (Å²) in [6.07, 6.45) is -0.440. The highest BCUT2D eigenvalue weighted by molar-refractivity contribution is 6.31. The number of fused-ring (bicyclic) bond motifs is 2. The molecule has 1 fully saturated rings. The molecule has 2 aliphatic rings. The highest BCUT2D eigenvalue weighted by atomic mass is 35.5. The van der Waals surface area contributed by atoms with Crippen molar-refractivity contribution in [3.8, 4) is 5.75 Å². The van der Waals surface area contributed by atoms with E-state index >= 15 is 0 Å². The minimum absolute atomic E-state index is 0.294. The summed E-state index contributed by atoms with van der Waals surface area (Å²) in [5.41, 5.74) is 2.52. The number of amides is 2. The lowest BCUT2D eigenvalue weighted by molar-refractivity contribution is -0.130. The molecule has 0 saturated carbocycles. The van der Waals surface area contributed by atoms with Crippen LogP contribution in [0.5, 0.6) is 5.75 Å². The molecule has 1 saturated heterocycles. The van der Waals surface area contributed by atoms with E-state index in [4.69, 9.17) is 16.3 Å². The predicted molar refractivity (Wildman–Crippen MR) is 120 cm³/mol. The van der Waals surface area contributed by atoms with Gasteiger partial charge in [0.25, 0.3) is 0 Å². The van der Waals surface area contributed by atoms with Gasteiger partial charge in [-0.1, -0.05) is 29.3 Å². The Labute approximate surface area is 186 Å². The molecule has 4 atom stereocenters. The van der Waals surface area contributed by atoms with Crippen LogP contribution in [0.3, 0.4) is 0 Å². The monoisotopic (exact) mass is 443 g/mol. The maximum Gasteiger partial charge on any atom is 0.250 e. The molecular formula is C23H26ClN3O4. The molecule has 2 amide bonds. The zero-order valence-electron chi connectivity index (χ0n) is 17.9. The summed E-state index contributed by atoms with van der Waals surface area (Å²) in [6, 6.07) is 8.45. The lowest BCUT2D eigenvalue weighted by Crippen LogP contribution is -2.53. The topological polar surface area (TPSA) is 99.7 Å². The van der Waals surface area contributed by atoms with E-state index < -0.39 is 23.6 Å². The minimum Gasteiger partial charge on any atom is -0.495 e. The molecule has 0 aromatic heterocycles. The third-order valence-electron chi connectivity index (χ3n) is 6.24. The standard InChI is InChI=1S/C23H26ClN3O4/c1-11-7-12(2)20-15(8-11)23(22(30)26-20)16(10-17(27-23)13(3)28)21(29)25-18-9-14(24)5-6-19(18)31-4/h5-9,13,16-17,27-28H,10H2,1-4H3,(H,25,29)(H,26,30)/t13-,16+,17+,23-/m0/s1. The molecular weight excluding hydrogens is 418 g/mol. The van der Waals surface area contributed by atoms with E-state index in [1.54, 1.807) is 25.1 Å². The summed E-state index contributed by atoms with van der Waals surface area (Å²) < 4.78 is 5.34. The van der Waals surface area contributed by atoms with E-state index in [0.717, 1.165) is 16.7 Å². The van der Waals surface area contributed by atoms with Crippen LogP contribution in [0.2, 0.25) is 5.02 Å². The van der Waals surface area contributed by atoms with Gasteiger partial charge in [-0.25, -0.2) is 0 Å². The molecule has 164 valence electrons. The fraction of sp³-hybridized carbons (Fsp3) is 0.391. The Kier molecular flexibility index (Phi) is 5.45. The fourth-order valence-corrected chi connectivity index (χ4v) is 4.94. The minimum atomic E-state index is -1.27. The van der Waals surface area contributed by atoms with Crippen molar-refractivity contribution in [2.45, 2.75) is 44.9 Å². The van der Waals surface area contributed by atoms with Gasteiger partial charge in [0.2, 0.25) is 11.8 Å². The molecule has 0 bridgehead atoms. The summed E-state index contributed by atoms with van der Waals surface area (Å²) in [4.78, 5) is 26.9. The zero-order valence-corrected chi connectivity index (χ0v) is 18.6. The Bertz CT molecular complexity index is 1070. The van der Waals surface area contributed by atoms with Gasteiger partial charge < -0.3 is 20.5 Å². The number of anilines is 2. The molecule has 8 heteroatoms. The number of carbonyl (C=O) groups excluding carboxylic acids is 2. The van der Waals surface area contributed by atoms with E-state index in [0.29, 0.717) is 28.6 Å². The first-order valence-corrected chi connectivity index (χ1v) is 10.6. The average molecular weight is 444 g/mol. The molecule has 31 heavy (non-hydrogen) atoms. The van der Waals surface area contributed by atoms with Crippen molar-refractivity contribution in [1.82, 2.24) is 5.32 Å². The van der Waals surface area contributed by atoms with E-state index in [1.165, 1.54) is 7.11 Å². The van der Waals surface area contributed by atoms with Gasteiger partial charge in [-0.2, -0.15) is 0 Å². The van der Waals surface area contributed by atoms with Crippen molar-refractivity contribution in [3.05, 3.63) is 52.0 Å². The van der Waals surface area contributed by atoms with Gasteiger partial charge >= 0.3 is 0 Å². The van der Waals surface area contributed by atoms with Gasteiger partial charge in [0.05, 0.1) is 24.8 Å². The molecule has 4 rings (SSSR count). The third kappa shape index (κ3) is 3.46. The van der Waals surface area contributed by atoms with E-state index in [-0.39, 0.29) is 11.8 Å². The van der Waals surface area contributed by atoms with Crippen LogP contribution in [-0.2, 0) is 15.1 Å². The number of nitrogens with one attached hydrogen (secondary N) is 3. The van der Waals surface area contributed by atoms with Crippen molar-refractivity contribution in [2.24, 2.45) is 5.92 Å². The van der Waals surface area contributed by atoms with Crippen molar-refractivity contribution in [1.29, 1.82) is 0 Å². The summed E-state index contributed by atoms with van der Waals surface area (Å²) in [5, 5.41) is 19.9. The van der Waals surface area contributed by atoms with Gasteiger partial charge in [-0.3, -0.25) is 14.9 Å². The SMILES string of the molecule is COc1ccc(Cl)cc1NC(=O)[C@H]1C[C@H]([C@H](C)O)N[C@]12C(=O)Nc1c(C)cc(C)cc12. The number of aliphatic hydroxyl groups is 1. The van der Waals surface area contributed by atoms with Gasteiger partial charge in [0, 0.05) is 22.3 Å². The number of halogens is 1. The van der Waals surface area contributed by atoms with Crippen LogP contribution in [0.1, 0.15) is 30.0 Å². The first-order valence-electron chi connectivity index (χ1n) is 10.2. The fourth-order valence-electron chi connectivity index (χ4n) is 4.77. The zero-order chi connectivity index (χ0) is 22.5. The lowest BCUT2D eigenvalue weighted by atomic mass is 9.78. The quantitative estimate of drug-likeness (QED) is 0.582. The van der Waals surface area contributed by atoms with Crippen LogP contribution in [0.4, 0.5) is 11.4 Å². The second kappa shape index (κ2) is 7.82. The Hall–Kier alpha value is -2.61. The van der Waals surface area contributed by atoms with E-state index in [2.05, 4.69) is 16.0 Å². The van der Waals surface area contributed by atoms with Gasteiger partial charge in [0.1, 0.15) is 11.3 Å².